The van der Waals surface area contributed by atoms with Crippen LogP contribution in [0.2, 0.25) is 5.02 Å². The summed E-state index contributed by atoms with van der Waals surface area (Å²) in [5, 5.41) is 16.5. The number of benzene rings is 2. The van der Waals surface area contributed by atoms with Crippen molar-refractivity contribution in [2.45, 2.75) is 19.9 Å². The van der Waals surface area contributed by atoms with Crippen molar-refractivity contribution in [3.05, 3.63) is 63.4 Å². The summed E-state index contributed by atoms with van der Waals surface area (Å²) in [6.07, 6.45) is -1.31. The molecule has 0 spiro atoms. The molecule has 0 aliphatic rings. The van der Waals surface area contributed by atoms with E-state index in [0.717, 1.165) is 10.6 Å². The third-order valence-corrected chi connectivity index (χ3v) is 4.71. The number of carboxylic acid groups (broad SMARTS) is 1. The molecular formula is C20H19ClFN5O4. The normalized spacial score (nSPS) is 11.7. The molecule has 162 valence electrons. The fraction of sp³-hybridized carbons (Fsp3) is 0.200. The molecule has 0 aliphatic carbocycles. The average Bonchev–Trinajstić information content (AvgIpc) is 2.69. The molecule has 0 radical (unpaired) electrons. The first-order valence-corrected chi connectivity index (χ1v) is 9.66. The minimum atomic E-state index is -1.31. The van der Waals surface area contributed by atoms with Crippen LogP contribution < -0.4 is 21.5 Å². The van der Waals surface area contributed by atoms with Gasteiger partial charge in [-0.3, -0.25) is 9.36 Å². The molecule has 1 heterocycles. The number of aromatic nitrogens is 2. The zero-order chi connectivity index (χ0) is 22.7. The van der Waals surface area contributed by atoms with Crippen molar-refractivity contribution in [3.8, 4) is 5.69 Å². The number of halogens is 2. The Morgan fingerprint density at radius 2 is 2.03 bits per heavy atom. The lowest BCUT2D eigenvalue weighted by Crippen LogP contribution is -2.32. The van der Waals surface area contributed by atoms with Gasteiger partial charge in [-0.2, -0.15) is 0 Å². The van der Waals surface area contributed by atoms with Gasteiger partial charge in [-0.1, -0.05) is 17.7 Å². The minimum absolute atomic E-state index is 0.0673. The summed E-state index contributed by atoms with van der Waals surface area (Å²) < 4.78 is 15.4. The van der Waals surface area contributed by atoms with Crippen LogP contribution in [0.4, 0.5) is 19.7 Å². The zero-order valence-electron chi connectivity index (χ0n) is 16.6. The molecule has 0 aliphatic heterocycles. The SMILES string of the molecule is CCNC(=O)Nc1cc(-n2c(C(C)NC(=O)O)nc3cccc(Cl)c3c2=O)ccc1F. The summed E-state index contributed by atoms with van der Waals surface area (Å²) in [4.78, 5) is 40.8. The van der Waals surface area contributed by atoms with E-state index in [4.69, 9.17) is 16.7 Å². The quantitative estimate of drug-likeness (QED) is 0.475. The third-order valence-electron chi connectivity index (χ3n) is 4.39. The predicted molar refractivity (Wildman–Crippen MR) is 115 cm³/mol. The zero-order valence-corrected chi connectivity index (χ0v) is 17.3. The van der Waals surface area contributed by atoms with Gasteiger partial charge in [0, 0.05) is 6.54 Å². The fourth-order valence-electron chi connectivity index (χ4n) is 3.07. The van der Waals surface area contributed by atoms with E-state index in [9.17, 15) is 18.8 Å². The second kappa shape index (κ2) is 9.00. The van der Waals surface area contributed by atoms with Crippen LogP contribution >= 0.6 is 11.6 Å². The summed E-state index contributed by atoms with van der Waals surface area (Å²) >= 11 is 6.21. The van der Waals surface area contributed by atoms with Crippen LogP contribution in [0.3, 0.4) is 0 Å². The monoisotopic (exact) mass is 447 g/mol. The van der Waals surface area contributed by atoms with E-state index in [1.165, 1.54) is 25.1 Å². The van der Waals surface area contributed by atoms with Crippen LogP contribution in [-0.4, -0.2) is 33.3 Å². The van der Waals surface area contributed by atoms with Crippen molar-refractivity contribution in [2.24, 2.45) is 0 Å². The minimum Gasteiger partial charge on any atom is -0.465 e. The van der Waals surface area contributed by atoms with Gasteiger partial charge in [-0.15, -0.1) is 0 Å². The third kappa shape index (κ3) is 4.58. The lowest BCUT2D eigenvalue weighted by Gasteiger charge is -2.19. The number of rotatable bonds is 5. The molecule has 11 heteroatoms. The Balaban J connectivity index is 2.26. The summed E-state index contributed by atoms with van der Waals surface area (Å²) in [6.45, 7) is 3.56. The number of anilines is 1. The molecule has 9 nitrogen and oxygen atoms in total. The van der Waals surface area contributed by atoms with Gasteiger partial charge >= 0.3 is 12.1 Å². The van der Waals surface area contributed by atoms with E-state index in [0.29, 0.717) is 6.54 Å². The van der Waals surface area contributed by atoms with Crippen LogP contribution in [0, 0.1) is 5.82 Å². The molecule has 3 amide bonds. The maximum atomic E-state index is 14.3. The molecule has 2 aromatic carbocycles. The number of carbonyl (C=O) groups is 2. The van der Waals surface area contributed by atoms with Crippen molar-refractivity contribution in [2.75, 3.05) is 11.9 Å². The van der Waals surface area contributed by atoms with Gasteiger partial charge in [0.2, 0.25) is 0 Å². The van der Waals surface area contributed by atoms with Crippen LogP contribution in [0.15, 0.2) is 41.2 Å². The maximum absolute atomic E-state index is 14.3. The van der Waals surface area contributed by atoms with Gasteiger partial charge in [0.1, 0.15) is 11.6 Å². The van der Waals surface area contributed by atoms with Gasteiger partial charge in [-0.25, -0.2) is 19.0 Å². The Kier molecular flexibility index (Phi) is 6.40. The van der Waals surface area contributed by atoms with Gasteiger partial charge < -0.3 is 21.1 Å². The number of hydrogen-bond donors (Lipinski definition) is 4. The van der Waals surface area contributed by atoms with Crippen LogP contribution in [-0.2, 0) is 0 Å². The second-order valence-corrected chi connectivity index (χ2v) is 6.97. The first kappa shape index (κ1) is 22.0. The molecule has 3 rings (SSSR count). The van der Waals surface area contributed by atoms with Crippen molar-refractivity contribution in [1.82, 2.24) is 20.2 Å². The van der Waals surface area contributed by atoms with Crippen molar-refractivity contribution < 1.29 is 19.1 Å². The Morgan fingerprint density at radius 3 is 2.71 bits per heavy atom. The van der Waals surface area contributed by atoms with E-state index in [-0.39, 0.29) is 33.1 Å². The lowest BCUT2D eigenvalue weighted by atomic mass is 10.2. The summed E-state index contributed by atoms with van der Waals surface area (Å²) in [7, 11) is 0. The first-order chi connectivity index (χ1) is 14.7. The molecule has 0 bridgehead atoms. The Hall–Kier alpha value is -3.66. The van der Waals surface area contributed by atoms with E-state index in [1.54, 1.807) is 19.1 Å². The molecule has 0 saturated carbocycles. The molecule has 4 N–H and O–H groups in total. The number of nitrogens with zero attached hydrogens (tertiary/aromatic N) is 2. The molecular weight excluding hydrogens is 429 g/mol. The summed E-state index contributed by atoms with van der Waals surface area (Å²) in [5.74, 6) is -0.647. The maximum Gasteiger partial charge on any atom is 0.405 e. The van der Waals surface area contributed by atoms with Crippen LogP contribution in [0.25, 0.3) is 16.6 Å². The predicted octanol–water partition coefficient (Wildman–Crippen LogP) is 3.65. The molecule has 0 saturated heterocycles. The van der Waals surface area contributed by atoms with Crippen LogP contribution in [0.5, 0.6) is 0 Å². The highest BCUT2D eigenvalue weighted by Gasteiger charge is 2.21. The van der Waals surface area contributed by atoms with Gasteiger partial charge in [0.25, 0.3) is 5.56 Å². The van der Waals surface area contributed by atoms with E-state index in [2.05, 4.69) is 20.9 Å². The number of carbonyl (C=O) groups excluding carboxylic acids is 1. The van der Waals surface area contributed by atoms with Crippen molar-refractivity contribution in [1.29, 1.82) is 0 Å². The number of hydrogen-bond acceptors (Lipinski definition) is 4. The highest BCUT2D eigenvalue weighted by Crippen LogP contribution is 2.25. The van der Waals surface area contributed by atoms with E-state index >= 15 is 0 Å². The highest BCUT2D eigenvalue weighted by atomic mass is 35.5. The average molecular weight is 448 g/mol. The largest absolute Gasteiger partial charge is 0.465 e. The van der Waals surface area contributed by atoms with Crippen molar-refractivity contribution in [3.63, 3.8) is 0 Å². The summed E-state index contributed by atoms with van der Waals surface area (Å²) in [6, 6.07) is 6.88. The fourth-order valence-corrected chi connectivity index (χ4v) is 3.32. The molecule has 1 unspecified atom stereocenters. The number of amides is 3. The van der Waals surface area contributed by atoms with E-state index < -0.39 is 29.5 Å². The van der Waals surface area contributed by atoms with Gasteiger partial charge in [0.15, 0.2) is 0 Å². The number of fused-ring (bicyclic) bond motifs is 1. The van der Waals surface area contributed by atoms with Gasteiger partial charge in [-0.05, 0) is 44.2 Å². The van der Waals surface area contributed by atoms with E-state index in [1.807, 2.05) is 0 Å². The Bertz CT molecular complexity index is 1230. The first-order valence-electron chi connectivity index (χ1n) is 9.28. The molecule has 1 atom stereocenters. The number of urea groups is 1. The Labute approximate surface area is 180 Å². The smallest absolute Gasteiger partial charge is 0.405 e. The van der Waals surface area contributed by atoms with Gasteiger partial charge in [0.05, 0.1) is 33.3 Å². The highest BCUT2D eigenvalue weighted by molar-refractivity contribution is 6.35. The Morgan fingerprint density at radius 1 is 1.29 bits per heavy atom. The molecule has 1 aromatic heterocycles. The second-order valence-electron chi connectivity index (χ2n) is 6.56. The number of nitrogens with one attached hydrogen (secondary N) is 3. The molecule has 3 aromatic rings. The van der Waals surface area contributed by atoms with Crippen LogP contribution in [0.1, 0.15) is 25.7 Å². The summed E-state index contributed by atoms with van der Waals surface area (Å²) in [5.41, 5.74) is -0.285. The topological polar surface area (TPSA) is 125 Å². The molecule has 0 fully saturated rings. The molecule has 31 heavy (non-hydrogen) atoms. The lowest BCUT2D eigenvalue weighted by molar-refractivity contribution is 0.190. The van der Waals surface area contributed by atoms with Crippen molar-refractivity contribution >= 4 is 40.3 Å². The standard InChI is InChI=1S/C20H19ClFN5O4/c1-3-23-19(29)26-15-9-11(7-8-13(15)22)27-17(10(2)24-20(30)31)25-14-6-4-5-12(21)16(14)18(27)28/h4-10,24H,3H2,1-2H3,(H,30,31)(H2,23,26,29).